The van der Waals surface area contributed by atoms with Gasteiger partial charge >= 0.3 is 7.12 Å². The highest BCUT2D eigenvalue weighted by molar-refractivity contribution is 6.62. The fraction of sp³-hybridized carbons (Fsp3) is 0.375. The van der Waals surface area contributed by atoms with E-state index in [9.17, 15) is 8.78 Å². The lowest BCUT2D eigenvalue weighted by Gasteiger charge is -2.32. The number of anilines is 1. The molecule has 8 heteroatoms. The molecule has 1 aliphatic heterocycles. The van der Waals surface area contributed by atoms with Crippen molar-refractivity contribution in [3.63, 3.8) is 0 Å². The summed E-state index contributed by atoms with van der Waals surface area (Å²) in [5, 5.41) is 19.5. The second kappa shape index (κ2) is 6.24. The average molecular weight is 331 g/mol. The van der Waals surface area contributed by atoms with E-state index in [1.165, 1.54) is 0 Å². The van der Waals surface area contributed by atoms with E-state index in [0.29, 0.717) is 0 Å². The monoisotopic (exact) mass is 331 g/mol. The van der Waals surface area contributed by atoms with Crippen molar-refractivity contribution < 1.29 is 18.1 Å². The molecule has 0 unspecified atom stereocenters. The van der Waals surface area contributed by atoms with Gasteiger partial charge in [0.15, 0.2) is 0 Å². The van der Waals surface area contributed by atoms with Crippen LogP contribution in [0.4, 0.5) is 14.5 Å². The van der Waals surface area contributed by atoms with E-state index >= 15 is 0 Å². The summed E-state index contributed by atoms with van der Waals surface area (Å²) >= 11 is 0. The van der Waals surface area contributed by atoms with Crippen LogP contribution in [-0.4, -0.2) is 18.3 Å². The molecule has 0 bridgehead atoms. The summed E-state index contributed by atoms with van der Waals surface area (Å²) in [4.78, 5) is 0. The molecule has 0 spiro atoms. The maximum Gasteiger partial charge on any atom is 0.495 e. The number of hydrogen-bond acceptors (Lipinski definition) is 5. The van der Waals surface area contributed by atoms with Gasteiger partial charge in [-0.25, -0.2) is 8.78 Å². The van der Waals surface area contributed by atoms with Crippen molar-refractivity contribution in [2.24, 2.45) is 0 Å². The van der Waals surface area contributed by atoms with Gasteiger partial charge in [-0.15, -0.1) is 0 Å². The summed E-state index contributed by atoms with van der Waals surface area (Å²) in [6, 6.07) is 5.37. The number of rotatable bonds is 3. The minimum absolute atomic E-state index is 0.207. The van der Waals surface area contributed by atoms with Gasteiger partial charge in [-0.05, 0) is 45.3 Å². The first-order valence-electron chi connectivity index (χ1n) is 7.23. The third-order valence-electron chi connectivity index (χ3n) is 4.19. The number of benzene rings is 1. The van der Waals surface area contributed by atoms with Crippen LogP contribution in [0.5, 0.6) is 0 Å². The molecule has 1 aromatic rings. The Balaban J connectivity index is 2.30. The Morgan fingerprint density at radius 3 is 1.96 bits per heavy atom. The first kappa shape index (κ1) is 17.9. The number of halogens is 2. The van der Waals surface area contributed by atoms with Crippen molar-refractivity contribution in [3.8, 4) is 12.1 Å². The summed E-state index contributed by atoms with van der Waals surface area (Å²) in [7, 11) is -0.891. The standard InChI is InChI=1S/C16H16BF2N3O2/c1-15(2)16(3,4)24-17(23-15)11-5-12(18)14(13(19)6-11)22-9-10(7-20)8-21/h5-6,9,22H,1-4H3. The van der Waals surface area contributed by atoms with Crippen LogP contribution in [0.25, 0.3) is 0 Å². The second-order valence-electron chi connectivity index (χ2n) is 6.37. The highest BCUT2D eigenvalue weighted by atomic mass is 19.1. The van der Waals surface area contributed by atoms with Crippen LogP contribution in [0.2, 0.25) is 0 Å². The Labute approximate surface area is 139 Å². The van der Waals surface area contributed by atoms with Crippen LogP contribution in [0.3, 0.4) is 0 Å². The first-order chi connectivity index (χ1) is 11.1. The van der Waals surface area contributed by atoms with Crippen molar-refractivity contribution >= 4 is 18.3 Å². The van der Waals surface area contributed by atoms with Crippen LogP contribution < -0.4 is 10.8 Å². The van der Waals surface area contributed by atoms with Gasteiger partial charge in [-0.2, -0.15) is 10.5 Å². The molecule has 0 radical (unpaired) electrons. The first-order valence-corrected chi connectivity index (χ1v) is 7.23. The Hall–Kier alpha value is -2.42. The predicted molar refractivity (Wildman–Crippen MR) is 85.0 cm³/mol. The van der Waals surface area contributed by atoms with Crippen molar-refractivity contribution in [2.45, 2.75) is 38.9 Å². The van der Waals surface area contributed by atoms with Gasteiger partial charge in [0.25, 0.3) is 0 Å². The second-order valence-corrected chi connectivity index (χ2v) is 6.37. The van der Waals surface area contributed by atoms with Crippen LogP contribution in [0, 0.1) is 34.3 Å². The van der Waals surface area contributed by atoms with E-state index < -0.39 is 35.6 Å². The van der Waals surface area contributed by atoms with E-state index in [4.69, 9.17) is 19.8 Å². The van der Waals surface area contributed by atoms with Gasteiger partial charge in [0.1, 0.15) is 35.0 Å². The molecule has 1 N–H and O–H groups in total. The van der Waals surface area contributed by atoms with E-state index in [0.717, 1.165) is 18.3 Å². The van der Waals surface area contributed by atoms with Crippen molar-refractivity contribution in [2.75, 3.05) is 5.32 Å². The molecular formula is C16H16BF2N3O2. The molecular weight excluding hydrogens is 315 g/mol. The number of hydrogen-bond donors (Lipinski definition) is 1. The zero-order valence-corrected chi connectivity index (χ0v) is 13.8. The normalized spacial score (nSPS) is 17.8. The summed E-state index contributed by atoms with van der Waals surface area (Å²) in [5.74, 6) is -1.77. The van der Waals surface area contributed by atoms with Crippen molar-refractivity contribution in [1.29, 1.82) is 10.5 Å². The number of nitrogens with zero attached hydrogens (tertiary/aromatic N) is 2. The smallest absolute Gasteiger partial charge is 0.399 e. The van der Waals surface area contributed by atoms with Gasteiger partial charge < -0.3 is 14.6 Å². The molecule has 0 aromatic heterocycles. The molecule has 0 saturated carbocycles. The zero-order valence-electron chi connectivity index (χ0n) is 13.8. The van der Waals surface area contributed by atoms with Gasteiger partial charge in [-0.1, -0.05) is 0 Å². The van der Waals surface area contributed by atoms with Crippen molar-refractivity contribution in [1.82, 2.24) is 0 Å². The lowest BCUT2D eigenvalue weighted by molar-refractivity contribution is 0.00578. The number of nitriles is 2. The summed E-state index contributed by atoms with van der Waals surface area (Å²) in [6.45, 7) is 7.36. The molecule has 1 fully saturated rings. The lowest BCUT2D eigenvalue weighted by Crippen LogP contribution is -2.41. The lowest BCUT2D eigenvalue weighted by atomic mass is 9.79. The zero-order chi connectivity index (χ0) is 18.1. The molecule has 124 valence electrons. The molecule has 5 nitrogen and oxygen atoms in total. The Kier molecular flexibility index (Phi) is 4.66. The molecule has 2 rings (SSSR count). The topological polar surface area (TPSA) is 78.1 Å². The van der Waals surface area contributed by atoms with Crippen LogP contribution >= 0.6 is 0 Å². The van der Waals surface area contributed by atoms with E-state index in [1.54, 1.807) is 12.1 Å². The average Bonchev–Trinajstić information content (AvgIpc) is 2.70. The third-order valence-corrected chi connectivity index (χ3v) is 4.19. The SMILES string of the molecule is CC1(C)OB(c2cc(F)c(NC=C(C#N)C#N)c(F)c2)OC1(C)C. The highest BCUT2D eigenvalue weighted by Gasteiger charge is 2.51. The fourth-order valence-corrected chi connectivity index (χ4v) is 2.08. The van der Waals surface area contributed by atoms with E-state index in [-0.39, 0.29) is 11.0 Å². The minimum Gasteiger partial charge on any atom is -0.399 e. The predicted octanol–water partition coefficient (Wildman–Crippen LogP) is 2.61. The highest BCUT2D eigenvalue weighted by Crippen LogP contribution is 2.36. The largest absolute Gasteiger partial charge is 0.495 e. The Morgan fingerprint density at radius 1 is 1.08 bits per heavy atom. The molecule has 0 amide bonds. The molecule has 1 aromatic carbocycles. The third kappa shape index (κ3) is 3.26. The maximum absolute atomic E-state index is 14.2. The maximum atomic E-state index is 14.2. The van der Waals surface area contributed by atoms with Crippen LogP contribution in [-0.2, 0) is 9.31 Å². The molecule has 1 saturated heterocycles. The summed E-state index contributed by atoms with van der Waals surface area (Å²) in [6.07, 6.45) is 0.940. The van der Waals surface area contributed by atoms with E-state index in [2.05, 4.69) is 5.32 Å². The Bertz CT molecular complexity index is 724. The van der Waals surface area contributed by atoms with Gasteiger partial charge in [-0.3, -0.25) is 0 Å². The van der Waals surface area contributed by atoms with Gasteiger partial charge in [0, 0.05) is 6.20 Å². The minimum atomic E-state index is -0.891. The van der Waals surface area contributed by atoms with Gasteiger partial charge in [0.2, 0.25) is 0 Å². The quantitative estimate of drug-likeness (QED) is 0.680. The summed E-state index contributed by atoms with van der Waals surface area (Å²) in [5.41, 5.74) is -1.81. The molecule has 0 atom stereocenters. The van der Waals surface area contributed by atoms with Gasteiger partial charge in [0.05, 0.1) is 11.2 Å². The fourth-order valence-electron chi connectivity index (χ4n) is 2.08. The Morgan fingerprint density at radius 2 is 1.54 bits per heavy atom. The van der Waals surface area contributed by atoms with E-state index in [1.807, 2.05) is 27.7 Å². The molecule has 1 aliphatic rings. The van der Waals surface area contributed by atoms with Crippen LogP contribution in [0.1, 0.15) is 27.7 Å². The number of allylic oxidation sites excluding steroid dienone is 1. The number of nitrogens with one attached hydrogen (secondary N) is 1. The van der Waals surface area contributed by atoms with Crippen LogP contribution in [0.15, 0.2) is 23.9 Å². The molecule has 24 heavy (non-hydrogen) atoms. The summed E-state index contributed by atoms with van der Waals surface area (Å²) < 4.78 is 39.9. The molecule has 0 aliphatic carbocycles. The molecule has 1 heterocycles. The van der Waals surface area contributed by atoms with Crippen molar-refractivity contribution in [3.05, 3.63) is 35.5 Å².